The number of hydrogen-bond acceptors (Lipinski definition) is 9. The van der Waals surface area contributed by atoms with E-state index in [0.717, 1.165) is 36.3 Å². The lowest BCUT2D eigenvalue weighted by atomic mass is 10.0. The molecule has 1 amide bonds. The number of aromatic nitrogens is 2. The minimum absolute atomic E-state index is 0.110. The number of hydroxylamine groups is 1. The summed E-state index contributed by atoms with van der Waals surface area (Å²) in [5.41, 5.74) is 4.43. The van der Waals surface area contributed by atoms with E-state index in [4.69, 9.17) is 9.57 Å². The van der Waals surface area contributed by atoms with Crippen molar-refractivity contribution in [3.05, 3.63) is 108 Å². The summed E-state index contributed by atoms with van der Waals surface area (Å²) in [4.78, 5) is 31.5. The Bertz CT molecular complexity index is 1800. The van der Waals surface area contributed by atoms with Gasteiger partial charge in [-0.05, 0) is 62.1 Å². The van der Waals surface area contributed by atoms with Gasteiger partial charge in [-0.25, -0.2) is 19.4 Å². The Balaban J connectivity index is 1.39. The monoisotopic (exact) mass is 635 g/mol. The van der Waals surface area contributed by atoms with Gasteiger partial charge >= 0.3 is 0 Å². The van der Waals surface area contributed by atoms with E-state index in [1.165, 1.54) is 24.5 Å². The number of amides is 1. The Kier molecular flexibility index (Phi) is 10.7. The summed E-state index contributed by atoms with van der Waals surface area (Å²) in [6.45, 7) is 5.66. The molecule has 3 aromatic carbocycles. The van der Waals surface area contributed by atoms with Gasteiger partial charge < -0.3 is 25.2 Å². The Morgan fingerprint density at radius 3 is 2.55 bits per heavy atom. The molecule has 1 aromatic heterocycles. The minimum Gasteiger partial charge on any atom is -0.494 e. The second-order valence-electron chi connectivity index (χ2n) is 11.2. The van der Waals surface area contributed by atoms with Crippen molar-refractivity contribution in [2.45, 2.75) is 12.5 Å². The molecule has 2 N–H and O–H groups in total. The first kappa shape index (κ1) is 32.9. The van der Waals surface area contributed by atoms with Gasteiger partial charge in [0.2, 0.25) is 5.91 Å². The Morgan fingerprint density at radius 2 is 1.83 bits per heavy atom. The average molecular weight is 636 g/mol. The van der Waals surface area contributed by atoms with Crippen LogP contribution >= 0.6 is 0 Å². The van der Waals surface area contributed by atoms with E-state index in [9.17, 15) is 9.18 Å². The van der Waals surface area contributed by atoms with Gasteiger partial charge in [-0.1, -0.05) is 36.6 Å². The quantitative estimate of drug-likeness (QED) is 0.157. The van der Waals surface area contributed by atoms with Crippen LogP contribution in [-0.4, -0.2) is 68.7 Å². The number of benzene rings is 3. The summed E-state index contributed by atoms with van der Waals surface area (Å²) in [5, 5.41) is 8.02. The van der Waals surface area contributed by atoms with Gasteiger partial charge in [0.1, 0.15) is 23.7 Å². The van der Waals surface area contributed by atoms with Gasteiger partial charge in [0, 0.05) is 49.8 Å². The highest BCUT2D eigenvalue weighted by atomic mass is 19.1. The zero-order chi connectivity index (χ0) is 33.3. The van der Waals surface area contributed by atoms with Gasteiger partial charge in [0.25, 0.3) is 0 Å². The lowest BCUT2D eigenvalue weighted by molar-refractivity contribution is -0.111. The van der Waals surface area contributed by atoms with Crippen molar-refractivity contribution in [1.82, 2.24) is 14.9 Å². The van der Waals surface area contributed by atoms with Crippen LogP contribution in [0.3, 0.4) is 0 Å². The number of methoxy groups -OCH3 is 1. The molecule has 242 valence electrons. The molecule has 1 saturated heterocycles. The first-order chi connectivity index (χ1) is 22.7. The van der Waals surface area contributed by atoms with Crippen LogP contribution in [0.1, 0.15) is 29.2 Å². The van der Waals surface area contributed by atoms with Crippen molar-refractivity contribution in [3.8, 4) is 17.6 Å². The molecule has 47 heavy (non-hydrogen) atoms. The van der Waals surface area contributed by atoms with Crippen LogP contribution in [0, 0.1) is 17.7 Å². The summed E-state index contributed by atoms with van der Waals surface area (Å²) in [5.74, 6) is 7.17. The molecule has 1 aliphatic heterocycles. The van der Waals surface area contributed by atoms with Crippen LogP contribution < -0.4 is 25.3 Å². The lowest BCUT2D eigenvalue weighted by Gasteiger charge is -2.26. The fourth-order valence-electron chi connectivity index (χ4n) is 5.11. The third-order valence-corrected chi connectivity index (χ3v) is 7.55. The maximum Gasteiger partial charge on any atom is 0.247 e. The molecule has 1 aliphatic rings. The predicted molar refractivity (Wildman–Crippen MR) is 184 cm³/mol. The second-order valence-corrected chi connectivity index (χ2v) is 11.2. The van der Waals surface area contributed by atoms with Crippen molar-refractivity contribution in [1.29, 1.82) is 0 Å². The highest BCUT2D eigenvalue weighted by Crippen LogP contribution is 2.39. The van der Waals surface area contributed by atoms with Crippen molar-refractivity contribution < 1.29 is 18.8 Å². The first-order valence-electron chi connectivity index (χ1n) is 15.1. The molecule has 11 heteroatoms. The summed E-state index contributed by atoms with van der Waals surface area (Å²) in [6.07, 6.45) is 3.45. The second kappa shape index (κ2) is 15.2. The molecule has 5 rings (SSSR count). The molecular formula is C36H38FN7O3. The van der Waals surface area contributed by atoms with Crippen LogP contribution in [0.25, 0.3) is 0 Å². The molecular weight excluding hydrogens is 597 g/mol. The SMILES string of the molecule is C=CC(=O)Nc1cc(Nc2cc(N3OCCC3c3cccc(C#Cc4cccc(F)c4)c3)ncn2)c(OC)cc1N(C)CCN(C)C. The van der Waals surface area contributed by atoms with Crippen LogP contribution in [0.4, 0.5) is 33.1 Å². The standard InChI is InChI=1S/C36H38FN7O3/c1-6-36(45)41-29-21-30(33(46-5)22-32(29)43(4)17-16-42(2)3)40-34-23-35(39-24-38-34)44-31(15-18-47-44)27-11-7-9-25(19-27)13-14-26-10-8-12-28(37)20-26/h6-12,19-24,31H,1,15-18H2,2-5H3,(H,41,45)(H,38,39,40). The minimum atomic E-state index is -0.325. The third-order valence-electron chi connectivity index (χ3n) is 7.55. The molecule has 4 aromatic rings. The highest BCUT2D eigenvalue weighted by Gasteiger charge is 2.29. The molecule has 0 radical (unpaired) electrons. The van der Waals surface area contributed by atoms with Gasteiger partial charge in [-0.3, -0.25) is 9.63 Å². The zero-order valence-corrected chi connectivity index (χ0v) is 27.0. The van der Waals surface area contributed by atoms with Crippen molar-refractivity contribution in [3.63, 3.8) is 0 Å². The van der Waals surface area contributed by atoms with Crippen molar-refractivity contribution in [2.24, 2.45) is 0 Å². The Morgan fingerprint density at radius 1 is 1.06 bits per heavy atom. The number of halogens is 1. The number of hydrogen-bond donors (Lipinski definition) is 2. The highest BCUT2D eigenvalue weighted by molar-refractivity contribution is 6.02. The number of ether oxygens (including phenoxy) is 1. The first-order valence-corrected chi connectivity index (χ1v) is 15.1. The van der Waals surface area contributed by atoms with Gasteiger partial charge in [-0.15, -0.1) is 0 Å². The van der Waals surface area contributed by atoms with Gasteiger partial charge in [0.15, 0.2) is 5.82 Å². The van der Waals surface area contributed by atoms with Crippen molar-refractivity contribution in [2.75, 3.05) is 68.5 Å². The number of likely N-dealkylation sites (N-methyl/N-ethyl adjacent to an activating group) is 2. The maximum atomic E-state index is 13.6. The van der Waals surface area contributed by atoms with E-state index in [2.05, 4.69) is 48.8 Å². The van der Waals surface area contributed by atoms with Gasteiger partial charge in [0.05, 0.1) is 36.8 Å². The summed E-state index contributed by atoms with van der Waals surface area (Å²) in [7, 11) is 7.58. The number of carbonyl (C=O) groups is 1. The molecule has 0 bridgehead atoms. The number of anilines is 5. The number of carbonyl (C=O) groups excluding carboxylic acids is 1. The van der Waals surface area contributed by atoms with Crippen LogP contribution in [-0.2, 0) is 9.63 Å². The molecule has 2 heterocycles. The van der Waals surface area contributed by atoms with Crippen molar-refractivity contribution >= 4 is 34.6 Å². The molecule has 0 aliphatic carbocycles. The maximum absolute atomic E-state index is 13.6. The van der Waals surface area contributed by atoms with Crippen LogP contribution in [0.2, 0.25) is 0 Å². The molecule has 1 unspecified atom stereocenters. The van der Waals surface area contributed by atoms with E-state index in [0.29, 0.717) is 40.9 Å². The summed E-state index contributed by atoms with van der Waals surface area (Å²) < 4.78 is 19.3. The Hall–Kier alpha value is -5.44. The largest absolute Gasteiger partial charge is 0.494 e. The molecule has 1 fully saturated rings. The topological polar surface area (TPSA) is 95.1 Å². The zero-order valence-electron chi connectivity index (χ0n) is 27.0. The average Bonchev–Trinajstić information content (AvgIpc) is 3.57. The lowest BCUT2D eigenvalue weighted by Crippen LogP contribution is -2.29. The fourth-order valence-corrected chi connectivity index (χ4v) is 5.11. The Labute approximate surface area is 274 Å². The smallest absolute Gasteiger partial charge is 0.247 e. The van der Waals surface area contributed by atoms with E-state index in [1.807, 2.05) is 57.5 Å². The van der Waals surface area contributed by atoms with E-state index in [1.54, 1.807) is 30.4 Å². The van der Waals surface area contributed by atoms with Gasteiger partial charge in [-0.2, -0.15) is 0 Å². The van der Waals surface area contributed by atoms with E-state index in [-0.39, 0.29) is 17.8 Å². The van der Waals surface area contributed by atoms with E-state index < -0.39 is 0 Å². The third kappa shape index (κ3) is 8.43. The number of rotatable bonds is 11. The summed E-state index contributed by atoms with van der Waals surface area (Å²) >= 11 is 0. The molecule has 0 saturated carbocycles. The van der Waals surface area contributed by atoms with E-state index >= 15 is 0 Å². The molecule has 0 spiro atoms. The predicted octanol–water partition coefficient (Wildman–Crippen LogP) is 5.77. The summed E-state index contributed by atoms with van der Waals surface area (Å²) in [6, 6.07) is 19.5. The molecule has 1 atom stereocenters. The number of nitrogens with one attached hydrogen (secondary N) is 2. The normalized spacial score (nSPS) is 13.9. The molecule has 10 nitrogen and oxygen atoms in total. The number of nitrogens with zero attached hydrogens (tertiary/aromatic N) is 5. The van der Waals surface area contributed by atoms with Crippen LogP contribution in [0.15, 0.2) is 85.7 Å². The van der Waals surface area contributed by atoms with Crippen LogP contribution in [0.5, 0.6) is 5.75 Å². The fraction of sp³-hybridized carbons (Fsp3) is 0.250.